The van der Waals surface area contributed by atoms with Crippen molar-refractivity contribution in [1.82, 2.24) is 0 Å². The summed E-state index contributed by atoms with van der Waals surface area (Å²) in [6.45, 7) is 6.70. The van der Waals surface area contributed by atoms with Crippen LogP contribution in [0.2, 0.25) is 0 Å². The van der Waals surface area contributed by atoms with Gasteiger partial charge in [-0.1, -0.05) is 315 Å². The van der Waals surface area contributed by atoms with Crippen molar-refractivity contribution in [3.05, 3.63) is 24.3 Å². The third-order valence-corrected chi connectivity index (χ3v) is 15.4. The second-order valence-electron chi connectivity index (χ2n) is 23.1. The maximum absolute atomic E-state index is 12.9. The molecule has 0 N–H and O–H groups in total. The molecule has 0 fully saturated rings. The molecule has 6 nitrogen and oxygen atoms in total. The number of carbonyl (C=O) groups is 3. The van der Waals surface area contributed by atoms with E-state index in [9.17, 15) is 14.4 Å². The van der Waals surface area contributed by atoms with Crippen LogP contribution < -0.4 is 0 Å². The number of hydrogen-bond acceptors (Lipinski definition) is 6. The summed E-state index contributed by atoms with van der Waals surface area (Å²) < 4.78 is 16.9. The Kier molecular flexibility index (Phi) is 62.6. The molecule has 0 aromatic heterocycles. The van der Waals surface area contributed by atoms with E-state index < -0.39 is 6.10 Å². The van der Waals surface area contributed by atoms with Crippen molar-refractivity contribution in [3.63, 3.8) is 0 Å². The molecule has 0 aliphatic heterocycles. The summed E-state index contributed by atoms with van der Waals surface area (Å²) in [5, 5.41) is 0. The summed E-state index contributed by atoms with van der Waals surface area (Å²) >= 11 is 0. The first kappa shape index (κ1) is 72.9. The quantitative estimate of drug-likeness (QED) is 0.0261. The minimum absolute atomic E-state index is 0.0673. The number of ether oxygens (including phenoxy) is 3. The van der Waals surface area contributed by atoms with Crippen molar-refractivity contribution in [2.75, 3.05) is 13.2 Å². The van der Waals surface area contributed by atoms with Gasteiger partial charge in [-0.25, -0.2) is 0 Å². The molecule has 0 aliphatic rings. The highest BCUT2D eigenvalue weighted by atomic mass is 16.6. The third kappa shape index (κ3) is 62.6. The van der Waals surface area contributed by atoms with Crippen LogP contribution in [0.25, 0.3) is 0 Å². The largest absolute Gasteiger partial charge is 0.462 e. The molecular formula is C69H130O6. The molecule has 0 heterocycles. The van der Waals surface area contributed by atoms with Crippen LogP contribution in [0.15, 0.2) is 24.3 Å². The lowest BCUT2D eigenvalue weighted by molar-refractivity contribution is -0.167. The zero-order valence-corrected chi connectivity index (χ0v) is 50.8. The molecule has 0 aromatic rings. The predicted octanol–water partition coefficient (Wildman–Crippen LogP) is 23.0. The molecule has 0 saturated heterocycles. The van der Waals surface area contributed by atoms with Crippen LogP contribution in [0.1, 0.15) is 380 Å². The molecule has 0 rings (SSSR count). The van der Waals surface area contributed by atoms with Crippen LogP contribution in [-0.4, -0.2) is 37.2 Å². The first-order valence-electron chi connectivity index (χ1n) is 33.8. The van der Waals surface area contributed by atoms with E-state index in [0.717, 1.165) is 57.8 Å². The topological polar surface area (TPSA) is 78.9 Å². The average Bonchev–Trinajstić information content (AvgIpc) is 3.41. The SMILES string of the molecule is CCCCCCCCC/C=C\CCCCCCCCCC(=O)OC(COC(=O)CCCCCCCCCCCCCC)COC(=O)CCCCCCCCCCCCCCCCC/C=C\CCCCCCCCCC. The van der Waals surface area contributed by atoms with Gasteiger partial charge in [0.25, 0.3) is 0 Å². The maximum Gasteiger partial charge on any atom is 0.306 e. The maximum atomic E-state index is 12.9. The van der Waals surface area contributed by atoms with Gasteiger partial charge in [0.05, 0.1) is 0 Å². The molecule has 1 unspecified atom stereocenters. The van der Waals surface area contributed by atoms with E-state index in [1.54, 1.807) is 0 Å². The Bertz CT molecular complexity index is 1210. The van der Waals surface area contributed by atoms with Crippen LogP contribution in [0.3, 0.4) is 0 Å². The zero-order chi connectivity index (χ0) is 54.3. The van der Waals surface area contributed by atoms with Crippen LogP contribution in [0.4, 0.5) is 0 Å². The standard InChI is InChI=1S/C69H130O6/c1-4-7-10-13-16-19-22-25-27-29-31-32-33-34-35-36-37-38-39-41-42-44-47-50-53-56-59-62-68(71)74-65-66(64-73-67(70)61-58-55-52-49-46-24-21-18-15-12-9-6-3)75-69(72)63-60-57-54-51-48-45-43-40-30-28-26-23-20-17-14-11-8-5-2/h28-31,66H,4-27,32-65H2,1-3H3/b30-28-,31-29-. The first-order valence-corrected chi connectivity index (χ1v) is 33.8. The molecule has 0 aromatic carbocycles. The summed E-state index contributed by atoms with van der Waals surface area (Å²) in [6, 6.07) is 0. The fraction of sp³-hybridized carbons (Fsp3) is 0.899. The summed E-state index contributed by atoms with van der Waals surface area (Å²) in [7, 11) is 0. The van der Waals surface area contributed by atoms with Crippen LogP contribution in [0.5, 0.6) is 0 Å². The van der Waals surface area contributed by atoms with Crippen molar-refractivity contribution in [1.29, 1.82) is 0 Å². The molecule has 0 saturated carbocycles. The Morgan fingerprint density at radius 1 is 0.253 bits per heavy atom. The minimum atomic E-state index is -0.770. The lowest BCUT2D eigenvalue weighted by Gasteiger charge is -2.18. The van der Waals surface area contributed by atoms with E-state index in [1.807, 2.05) is 0 Å². The number of esters is 3. The van der Waals surface area contributed by atoms with Crippen LogP contribution in [0, 0.1) is 0 Å². The second-order valence-corrected chi connectivity index (χ2v) is 23.1. The minimum Gasteiger partial charge on any atom is -0.462 e. The summed E-state index contributed by atoms with van der Waals surface area (Å²) in [5.74, 6) is -0.844. The van der Waals surface area contributed by atoms with Gasteiger partial charge >= 0.3 is 17.9 Å². The van der Waals surface area contributed by atoms with Gasteiger partial charge in [0.1, 0.15) is 13.2 Å². The van der Waals surface area contributed by atoms with E-state index in [2.05, 4.69) is 45.1 Å². The molecule has 0 amide bonds. The Labute approximate surface area is 468 Å². The molecule has 0 spiro atoms. The van der Waals surface area contributed by atoms with Gasteiger partial charge in [0.2, 0.25) is 0 Å². The Hall–Kier alpha value is -2.11. The first-order chi connectivity index (χ1) is 37.0. The number of carbonyl (C=O) groups excluding carboxylic acids is 3. The van der Waals surface area contributed by atoms with Crippen LogP contribution >= 0.6 is 0 Å². The fourth-order valence-electron chi connectivity index (χ4n) is 10.3. The van der Waals surface area contributed by atoms with E-state index in [1.165, 1.54) is 283 Å². The summed E-state index contributed by atoms with van der Waals surface area (Å²) in [6.07, 6.45) is 77.7. The lowest BCUT2D eigenvalue weighted by atomic mass is 10.0. The van der Waals surface area contributed by atoms with E-state index in [4.69, 9.17) is 14.2 Å². The lowest BCUT2D eigenvalue weighted by Crippen LogP contribution is -2.30. The van der Waals surface area contributed by atoms with Crippen molar-refractivity contribution >= 4 is 17.9 Å². The van der Waals surface area contributed by atoms with E-state index in [-0.39, 0.29) is 31.1 Å². The van der Waals surface area contributed by atoms with Gasteiger partial charge in [0, 0.05) is 19.3 Å². The highest BCUT2D eigenvalue weighted by Gasteiger charge is 2.19. The molecule has 1 atom stereocenters. The highest BCUT2D eigenvalue weighted by Crippen LogP contribution is 2.18. The second kappa shape index (κ2) is 64.4. The monoisotopic (exact) mass is 1050 g/mol. The Morgan fingerprint density at radius 3 is 0.667 bits per heavy atom. The Morgan fingerprint density at radius 2 is 0.440 bits per heavy atom. The molecule has 442 valence electrons. The van der Waals surface area contributed by atoms with Crippen molar-refractivity contribution < 1.29 is 28.6 Å². The van der Waals surface area contributed by atoms with Gasteiger partial charge < -0.3 is 14.2 Å². The number of hydrogen-bond donors (Lipinski definition) is 0. The van der Waals surface area contributed by atoms with E-state index in [0.29, 0.717) is 19.3 Å². The molecule has 0 radical (unpaired) electrons. The smallest absolute Gasteiger partial charge is 0.306 e. The number of allylic oxidation sites excluding steroid dienone is 4. The number of rotatable bonds is 63. The van der Waals surface area contributed by atoms with Gasteiger partial charge in [-0.3, -0.25) is 14.4 Å². The normalized spacial score (nSPS) is 12.1. The molecule has 6 heteroatoms. The van der Waals surface area contributed by atoms with Gasteiger partial charge in [-0.05, 0) is 70.6 Å². The Balaban J connectivity index is 4.19. The fourth-order valence-corrected chi connectivity index (χ4v) is 10.3. The predicted molar refractivity (Wildman–Crippen MR) is 326 cm³/mol. The van der Waals surface area contributed by atoms with Crippen molar-refractivity contribution in [2.24, 2.45) is 0 Å². The summed E-state index contributed by atoms with van der Waals surface area (Å²) in [5.41, 5.74) is 0. The highest BCUT2D eigenvalue weighted by molar-refractivity contribution is 5.71. The van der Waals surface area contributed by atoms with Crippen molar-refractivity contribution in [2.45, 2.75) is 386 Å². The molecule has 0 aliphatic carbocycles. The molecule has 75 heavy (non-hydrogen) atoms. The average molecular weight is 1060 g/mol. The van der Waals surface area contributed by atoms with Crippen LogP contribution in [-0.2, 0) is 28.6 Å². The summed E-state index contributed by atoms with van der Waals surface area (Å²) in [4.78, 5) is 38.3. The van der Waals surface area contributed by atoms with Gasteiger partial charge in [0.15, 0.2) is 6.10 Å². The third-order valence-electron chi connectivity index (χ3n) is 15.4. The zero-order valence-electron chi connectivity index (χ0n) is 50.8. The molecular weight excluding hydrogens is 925 g/mol. The van der Waals surface area contributed by atoms with Gasteiger partial charge in [-0.2, -0.15) is 0 Å². The van der Waals surface area contributed by atoms with Crippen molar-refractivity contribution in [3.8, 4) is 0 Å². The number of unbranched alkanes of at least 4 members (excludes halogenated alkanes) is 48. The molecule has 0 bridgehead atoms. The van der Waals surface area contributed by atoms with E-state index >= 15 is 0 Å². The van der Waals surface area contributed by atoms with Gasteiger partial charge in [-0.15, -0.1) is 0 Å².